The molecule has 30 heavy (non-hydrogen) atoms. The van der Waals surface area contributed by atoms with Gasteiger partial charge in [-0.25, -0.2) is 4.68 Å². The summed E-state index contributed by atoms with van der Waals surface area (Å²) >= 11 is 0. The van der Waals surface area contributed by atoms with Gasteiger partial charge in [-0.1, -0.05) is 65.9 Å². The molecule has 7 heteroatoms. The van der Waals surface area contributed by atoms with Gasteiger partial charge in [-0.15, -0.1) is 5.10 Å². The number of benzene rings is 2. The predicted molar refractivity (Wildman–Crippen MR) is 116 cm³/mol. The zero-order chi connectivity index (χ0) is 20.8. The van der Waals surface area contributed by atoms with Gasteiger partial charge in [0.15, 0.2) is 5.69 Å². The lowest BCUT2D eigenvalue weighted by atomic mass is 10.00. The largest absolute Gasteiger partial charge is 0.340 e. The lowest BCUT2D eigenvalue weighted by Gasteiger charge is -2.17. The normalized spacial score (nSPS) is 18.4. The van der Waals surface area contributed by atoms with E-state index in [1.807, 2.05) is 43.4 Å². The fourth-order valence-corrected chi connectivity index (χ4v) is 3.83. The van der Waals surface area contributed by atoms with E-state index in [1.165, 1.54) is 5.56 Å². The summed E-state index contributed by atoms with van der Waals surface area (Å²) in [5.41, 5.74) is 9.59. The van der Waals surface area contributed by atoms with Crippen molar-refractivity contribution in [3.63, 3.8) is 0 Å². The first kappa shape index (κ1) is 20.3. The molecular formula is C23H28N6O. The van der Waals surface area contributed by atoms with Crippen LogP contribution in [0.25, 0.3) is 0 Å². The maximum absolute atomic E-state index is 12.7. The van der Waals surface area contributed by atoms with Gasteiger partial charge in [0.2, 0.25) is 0 Å². The molecule has 2 atom stereocenters. The first-order valence-corrected chi connectivity index (χ1v) is 10.4. The summed E-state index contributed by atoms with van der Waals surface area (Å²) in [5, 5.41) is 8.16. The SMILES string of the molecule is CN(CCCC1CC(c2ccccc2)NN1)C(=O)c1cn(Cc2ccccc2)nn1. The summed E-state index contributed by atoms with van der Waals surface area (Å²) in [4.78, 5) is 14.4. The van der Waals surface area contributed by atoms with Crippen LogP contribution in [0.1, 0.15) is 46.9 Å². The van der Waals surface area contributed by atoms with Crippen molar-refractivity contribution >= 4 is 5.91 Å². The number of hydrogen-bond acceptors (Lipinski definition) is 5. The summed E-state index contributed by atoms with van der Waals surface area (Å²) in [6, 6.07) is 21.3. The monoisotopic (exact) mass is 404 g/mol. The molecule has 0 bridgehead atoms. The molecule has 156 valence electrons. The van der Waals surface area contributed by atoms with E-state index in [0.717, 1.165) is 24.8 Å². The number of amides is 1. The number of hydrazine groups is 1. The van der Waals surface area contributed by atoms with Gasteiger partial charge >= 0.3 is 0 Å². The third-order valence-corrected chi connectivity index (χ3v) is 5.52. The standard InChI is InChI=1S/C23H28N6O/c1-28(14-8-13-20-15-21(25-24-20)19-11-6-3-7-12-19)23(30)22-17-29(27-26-22)16-18-9-4-2-5-10-18/h2-7,9-12,17,20-21,24-25H,8,13-16H2,1H3. The van der Waals surface area contributed by atoms with Crippen LogP contribution in [0.5, 0.6) is 0 Å². The van der Waals surface area contributed by atoms with E-state index in [-0.39, 0.29) is 5.91 Å². The van der Waals surface area contributed by atoms with Gasteiger partial charge in [0, 0.05) is 25.7 Å². The molecule has 1 fully saturated rings. The van der Waals surface area contributed by atoms with Crippen molar-refractivity contribution in [3.8, 4) is 0 Å². The van der Waals surface area contributed by atoms with Gasteiger partial charge in [0.1, 0.15) is 0 Å². The molecule has 2 N–H and O–H groups in total. The number of nitrogens with zero attached hydrogens (tertiary/aromatic N) is 4. The number of rotatable bonds is 8. The van der Waals surface area contributed by atoms with Crippen LogP contribution in [0, 0.1) is 0 Å². The van der Waals surface area contributed by atoms with Gasteiger partial charge in [-0.2, -0.15) is 0 Å². The molecule has 2 unspecified atom stereocenters. The fraction of sp³-hybridized carbons (Fsp3) is 0.348. The number of carbonyl (C=O) groups is 1. The van der Waals surface area contributed by atoms with Gasteiger partial charge in [-0.3, -0.25) is 15.6 Å². The van der Waals surface area contributed by atoms with E-state index in [9.17, 15) is 4.79 Å². The van der Waals surface area contributed by atoms with Crippen molar-refractivity contribution in [1.82, 2.24) is 30.7 Å². The highest BCUT2D eigenvalue weighted by molar-refractivity contribution is 5.91. The average Bonchev–Trinajstić information content (AvgIpc) is 3.44. The highest BCUT2D eigenvalue weighted by Gasteiger charge is 2.24. The van der Waals surface area contributed by atoms with E-state index >= 15 is 0 Å². The summed E-state index contributed by atoms with van der Waals surface area (Å²) in [6.07, 6.45) is 4.71. The van der Waals surface area contributed by atoms with E-state index in [2.05, 4.69) is 45.4 Å². The van der Waals surface area contributed by atoms with Crippen molar-refractivity contribution in [2.24, 2.45) is 0 Å². The second-order valence-electron chi connectivity index (χ2n) is 7.84. The van der Waals surface area contributed by atoms with Crippen molar-refractivity contribution in [2.45, 2.75) is 37.9 Å². The molecule has 0 radical (unpaired) electrons. The van der Waals surface area contributed by atoms with Crippen LogP contribution in [-0.4, -0.2) is 45.4 Å². The fourth-order valence-electron chi connectivity index (χ4n) is 3.83. The molecule has 2 aromatic carbocycles. The topological polar surface area (TPSA) is 75.1 Å². The second-order valence-corrected chi connectivity index (χ2v) is 7.84. The number of aromatic nitrogens is 3. The summed E-state index contributed by atoms with van der Waals surface area (Å²) in [5.74, 6) is -0.0889. The van der Waals surface area contributed by atoms with Crippen molar-refractivity contribution in [2.75, 3.05) is 13.6 Å². The third-order valence-electron chi connectivity index (χ3n) is 5.52. The predicted octanol–water partition coefficient (Wildman–Crippen LogP) is 2.79. The molecule has 0 aliphatic carbocycles. The van der Waals surface area contributed by atoms with Crippen LogP contribution < -0.4 is 10.9 Å². The number of carbonyl (C=O) groups excluding carboxylic acids is 1. The highest BCUT2D eigenvalue weighted by Crippen LogP contribution is 2.23. The molecular weight excluding hydrogens is 376 g/mol. The molecule has 7 nitrogen and oxygen atoms in total. The van der Waals surface area contributed by atoms with Crippen LogP contribution in [0.2, 0.25) is 0 Å². The average molecular weight is 405 g/mol. The Morgan fingerprint density at radius 1 is 1.10 bits per heavy atom. The first-order chi connectivity index (χ1) is 14.7. The molecule has 2 heterocycles. The summed E-state index contributed by atoms with van der Waals surface area (Å²) in [7, 11) is 1.83. The summed E-state index contributed by atoms with van der Waals surface area (Å²) < 4.78 is 1.70. The van der Waals surface area contributed by atoms with Crippen LogP contribution >= 0.6 is 0 Å². The molecule has 3 aromatic rings. The Balaban J connectivity index is 1.22. The van der Waals surface area contributed by atoms with E-state index in [4.69, 9.17) is 0 Å². The lowest BCUT2D eigenvalue weighted by Crippen LogP contribution is -2.32. The Morgan fingerprint density at radius 3 is 2.60 bits per heavy atom. The van der Waals surface area contributed by atoms with Gasteiger partial charge in [-0.05, 0) is 30.4 Å². The lowest BCUT2D eigenvalue weighted by molar-refractivity contribution is 0.0786. The Labute approximate surface area is 177 Å². The van der Waals surface area contributed by atoms with Gasteiger partial charge < -0.3 is 4.90 Å². The molecule has 1 aliphatic heterocycles. The Bertz CT molecular complexity index is 943. The quantitative estimate of drug-likeness (QED) is 0.604. The van der Waals surface area contributed by atoms with E-state index < -0.39 is 0 Å². The molecule has 1 saturated heterocycles. The van der Waals surface area contributed by atoms with Crippen molar-refractivity contribution in [1.29, 1.82) is 0 Å². The maximum atomic E-state index is 12.7. The minimum atomic E-state index is -0.0889. The zero-order valence-electron chi connectivity index (χ0n) is 17.2. The minimum absolute atomic E-state index is 0.0889. The molecule has 1 aromatic heterocycles. The Morgan fingerprint density at radius 2 is 1.83 bits per heavy atom. The van der Waals surface area contributed by atoms with E-state index in [0.29, 0.717) is 30.9 Å². The second kappa shape index (κ2) is 9.65. The molecule has 1 aliphatic rings. The molecule has 1 amide bonds. The van der Waals surface area contributed by atoms with Crippen LogP contribution in [0.3, 0.4) is 0 Å². The first-order valence-electron chi connectivity index (χ1n) is 10.4. The van der Waals surface area contributed by atoms with Gasteiger partial charge in [0.05, 0.1) is 12.7 Å². The summed E-state index contributed by atoms with van der Waals surface area (Å²) in [6.45, 7) is 1.30. The van der Waals surface area contributed by atoms with Crippen molar-refractivity contribution < 1.29 is 4.79 Å². The molecule has 0 spiro atoms. The maximum Gasteiger partial charge on any atom is 0.275 e. The number of nitrogens with one attached hydrogen (secondary N) is 2. The molecule has 0 saturated carbocycles. The Kier molecular flexibility index (Phi) is 6.51. The van der Waals surface area contributed by atoms with Gasteiger partial charge in [0.25, 0.3) is 5.91 Å². The smallest absolute Gasteiger partial charge is 0.275 e. The van der Waals surface area contributed by atoms with Crippen LogP contribution in [0.15, 0.2) is 66.9 Å². The number of hydrogen-bond donors (Lipinski definition) is 2. The zero-order valence-corrected chi connectivity index (χ0v) is 17.2. The third kappa shape index (κ3) is 5.11. The van der Waals surface area contributed by atoms with Crippen LogP contribution in [-0.2, 0) is 6.54 Å². The van der Waals surface area contributed by atoms with Crippen LogP contribution in [0.4, 0.5) is 0 Å². The highest BCUT2D eigenvalue weighted by atomic mass is 16.2. The van der Waals surface area contributed by atoms with Crippen molar-refractivity contribution in [3.05, 3.63) is 83.7 Å². The Hall–Kier alpha value is -3.03. The minimum Gasteiger partial charge on any atom is -0.340 e. The van der Waals surface area contributed by atoms with E-state index in [1.54, 1.807) is 15.8 Å². The molecule has 4 rings (SSSR count).